The topological polar surface area (TPSA) is 72.4 Å². The zero-order valence-electron chi connectivity index (χ0n) is 16.8. The van der Waals surface area contributed by atoms with Crippen molar-refractivity contribution in [3.05, 3.63) is 83.2 Å². The lowest BCUT2D eigenvalue weighted by Gasteiger charge is -2.11. The molecular weight excluding hydrogens is 411 g/mol. The Kier molecular flexibility index (Phi) is 6.33. The van der Waals surface area contributed by atoms with Crippen molar-refractivity contribution in [2.75, 3.05) is 6.61 Å². The summed E-state index contributed by atoms with van der Waals surface area (Å²) in [6, 6.07) is 15.4. The molecule has 0 spiro atoms. The number of para-hydroxylation sites is 1. The molecular formula is C22H20F3N3O3. The van der Waals surface area contributed by atoms with Crippen molar-refractivity contribution in [2.24, 2.45) is 0 Å². The van der Waals surface area contributed by atoms with Crippen molar-refractivity contribution >= 4 is 11.8 Å². The van der Waals surface area contributed by atoms with E-state index in [1.807, 2.05) is 41.8 Å². The Bertz CT molecular complexity index is 1090. The Labute approximate surface area is 176 Å². The van der Waals surface area contributed by atoms with Crippen molar-refractivity contribution in [3.8, 4) is 11.4 Å². The van der Waals surface area contributed by atoms with Gasteiger partial charge in [-0.15, -0.1) is 0 Å². The van der Waals surface area contributed by atoms with Crippen LogP contribution in [0, 0.1) is 13.8 Å². The van der Waals surface area contributed by atoms with Crippen LogP contribution in [0.1, 0.15) is 27.3 Å². The van der Waals surface area contributed by atoms with Gasteiger partial charge in [-0.3, -0.25) is 20.4 Å². The lowest BCUT2D eigenvalue weighted by atomic mass is 10.2. The van der Waals surface area contributed by atoms with Gasteiger partial charge in [-0.05, 0) is 50.2 Å². The van der Waals surface area contributed by atoms with Crippen molar-refractivity contribution in [3.63, 3.8) is 0 Å². The van der Waals surface area contributed by atoms with E-state index in [2.05, 4.69) is 10.9 Å². The number of hydrogen-bond acceptors (Lipinski definition) is 3. The van der Waals surface area contributed by atoms with Crippen molar-refractivity contribution in [1.29, 1.82) is 0 Å². The molecule has 0 radical (unpaired) electrons. The molecule has 31 heavy (non-hydrogen) atoms. The SMILES string of the molecule is Cc1cc(C(=O)NNC(=O)COc2cccc(C(F)(F)F)c2)c(C)n1-c1ccccc1. The number of rotatable bonds is 5. The maximum Gasteiger partial charge on any atom is 0.416 e. The molecule has 2 aromatic carbocycles. The van der Waals surface area contributed by atoms with Crippen LogP contribution in [0.3, 0.4) is 0 Å². The highest BCUT2D eigenvalue weighted by Crippen LogP contribution is 2.31. The average Bonchev–Trinajstić information content (AvgIpc) is 3.04. The lowest BCUT2D eigenvalue weighted by molar-refractivity contribution is -0.137. The molecule has 9 heteroatoms. The highest BCUT2D eigenvalue weighted by molar-refractivity contribution is 5.97. The van der Waals surface area contributed by atoms with E-state index in [1.54, 1.807) is 13.0 Å². The molecule has 1 heterocycles. The number of alkyl halides is 3. The number of carbonyl (C=O) groups is 2. The van der Waals surface area contributed by atoms with Crippen molar-refractivity contribution < 1.29 is 27.5 Å². The van der Waals surface area contributed by atoms with Crippen LogP contribution in [0.15, 0.2) is 60.7 Å². The smallest absolute Gasteiger partial charge is 0.416 e. The average molecular weight is 431 g/mol. The van der Waals surface area contributed by atoms with E-state index in [0.717, 1.165) is 23.5 Å². The number of benzene rings is 2. The van der Waals surface area contributed by atoms with Crippen LogP contribution in [0.4, 0.5) is 13.2 Å². The molecule has 0 saturated carbocycles. The summed E-state index contributed by atoms with van der Waals surface area (Å²) in [6.07, 6.45) is -4.51. The van der Waals surface area contributed by atoms with Gasteiger partial charge in [0.15, 0.2) is 6.61 Å². The van der Waals surface area contributed by atoms with Gasteiger partial charge in [-0.1, -0.05) is 24.3 Å². The number of aromatic nitrogens is 1. The molecule has 3 aromatic rings. The van der Waals surface area contributed by atoms with Gasteiger partial charge in [0.1, 0.15) is 5.75 Å². The van der Waals surface area contributed by atoms with Crippen LogP contribution in [0.5, 0.6) is 5.75 Å². The first-order valence-corrected chi connectivity index (χ1v) is 9.30. The van der Waals surface area contributed by atoms with E-state index in [-0.39, 0.29) is 5.75 Å². The first kappa shape index (κ1) is 21.9. The van der Waals surface area contributed by atoms with Gasteiger partial charge in [0.25, 0.3) is 11.8 Å². The largest absolute Gasteiger partial charge is 0.484 e. The maximum atomic E-state index is 12.7. The molecule has 6 nitrogen and oxygen atoms in total. The molecule has 3 rings (SSSR count). The van der Waals surface area contributed by atoms with Gasteiger partial charge < -0.3 is 9.30 Å². The normalized spacial score (nSPS) is 11.1. The highest BCUT2D eigenvalue weighted by atomic mass is 19.4. The fourth-order valence-electron chi connectivity index (χ4n) is 3.11. The quantitative estimate of drug-likeness (QED) is 0.601. The summed E-state index contributed by atoms with van der Waals surface area (Å²) in [5.74, 6) is -1.35. The van der Waals surface area contributed by atoms with Gasteiger partial charge >= 0.3 is 6.18 Å². The minimum atomic E-state index is -4.51. The second kappa shape index (κ2) is 8.95. The number of amides is 2. The van der Waals surface area contributed by atoms with E-state index < -0.39 is 30.2 Å². The first-order chi connectivity index (χ1) is 14.7. The minimum absolute atomic E-state index is 0.109. The Morgan fingerprint density at radius 3 is 2.35 bits per heavy atom. The predicted molar refractivity (Wildman–Crippen MR) is 108 cm³/mol. The predicted octanol–water partition coefficient (Wildman–Crippen LogP) is 3.95. The summed E-state index contributed by atoms with van der Waals surface area (Å²) in [5, 5.41) is 0. The summed E-state index contributed by atoms with van der Waals surface area (Å²) < 4.78 is 45.2. The van der Waals surface area contributed by atoms with Crippen LogP contribution in [0.2, 0.25) is 0 Å². The van der Waals surface area contributed by atoms with Crippen LogP contribution < -0.4 is 15.6 Å². The third-order valence-electron chi connectivity index (χ3n) is 4.54. The summed E-state index contributed by atoms with van der Waals surface area (Å²) in [6.45, 7) is 3.08. The third kappa shape index (κ3) is 5.25. The molecule has 162 valence electrons. The molecule has 0 saturated heterocycles. The number of halogens is 3. The number of hydrazine groups is 1. The monoisotopic (exact) mass is 431 g/mol. The maximum absolute atomic E-state index is 12.7. The summed E-state index contributed by atoms with van der Waals surface area (Å²) in [7, 11) is 0. The van der Waals surface area contributed by atoms with Crippen LogP contribution >= 0.6 is 0 Å². The van der Waals surface area contributed by atoms with Gasteiger partial charge in [0.2, 0.25) is 0 Å². The number of ether oxygens (including phenoxy) is 1. The lowest BCUT2D eigenvalue weighted by Crippen LogP contribution is -2.44. The van der Waals surface area contributed by atoms with E-state index in [1.165, 1.54) is 12.1 Å². The molecule has 0 unspecified atom stereocenters. The minimum Gasteiger partial charge on any atom is -0.484 e. The standard InChI is InChI=1S/C22H20F3N3O3/c1-14-11-19(15(2)28(14)17-8-4-3-5-9-17)21(30)27-26-20(29)13-31-18-10-6-7-16(12-18)22(23,24)25/h3-12H,13H2,1-2H3,(H,26,29)(H,27,30). The van der Waals surface area contributed by atoms with Gasteiger partial charge in [-0.2, -0.15) is 13.2 Å². The molecule has 2 amide bonds. The number of aryl methyl sites for hydroxylation is 1. The number of nitrogens with one attached hydrogen (secondary N) is 2. The molecule has 0 atom stereocenters. The Morgan fingerprint density at radius 1 is 0.968 bits per heavy atom. The van der Waals surface area contributed by atoms with Crippen molar-refractivity contribution in [2.45, 2.75) is 20.0 Å². The second-order valence-corrected chi connectivity index (χ2v) is 6.77. The zero-order valence-corrected chi connectivity index (χ0v) is 16.8. The van der Waals surface area contributed by atoms with Crippen LogP contribution in [-0.2, 0) is 11.0 Å². The van der Waals surface area contributed by atoms with E-state index in [9.17, 15) is 22.8 Å². The first-order valence-electron chi connectivity index (χ1n) is 9.30. The number of hydrogen-bond donors (Lipinski definition) is 2. The van der Waals surface area contributed by atoms with Gasteiger partial charge in [0.05, 0.1) is 11.1 Å². The molecule has 0 aliphatic heterocycles. The highest BCUT2D eigenvalue weighted by Gasteiger charge is 2.30. The molecule has 1 aromatic heterocycles. The molecule has 0 aliphatic carbocycles. The number of carbonyl (C=O) groups excluding carboxylic acids is 2. The molecule has 0 aliphatic rings. The molecule has 0 bridgehead atoms. The fourth-order valence-corrected chi connectivity index (χ4v) is 3.11. The summed E-state index contributed by atoms with van der Waals surface area (Å²) in [4.78, 5) is 24.4. The van der Waals surface area contributed by atoms with Crippen LogP contribution in [0.25, 0.3) is 5.69 Å². The fraction of sp³-hybridized carbons (Fsp3) is 0.182. The Balaban J connectivity index is 1.58. The summed E-state index contributed by atoms with van der Waals surface area (Å²) >= 11 is 0. The van der Waals surface area contributed by atoms with E-state index in [0.29, 0.717) is 11.3 Å². The van der Waals surface area contributed by atoms with Crippen LogP contribution in [-0.4, -0.2) is 23.0 Å². The summed E-state index contributed by atoms with van der Waals surface area (Å²) in [5.41, 5.74) is 6.41. The van der Waals surface area contributed by atoms with Gasteiger partial charge in [-0.25, -0.2) is 0 Å². The third-order valence-corrected chi connectivity index (χ3v) is 4.54. The van der Waals surface area contributed by atoms with E-state index >= 15 is 0 Å². The Hall–Kier alpha value is -3.75. The van der Waals surface area contributed by atoms with Crippen molar-refractivity contribution in [1.82, 2.24) is 15.4 Å². The Morgan fingerprint density at radius 2 is 1.68 bits per heavy atom. The van der Waals surface area contributed by atoms with E-state index in [4.69, 9.17) is 4.74 Å². The number of nitrogens with zero attached hydrogens (tertiary/aromatic N) is 1. The molecule has 0 fully saturated rings. The second-order valence-electron chi connectivity index (χ2n) is 6.77. The zero-order chi connectivity index (χ0) is 22.6. The van der Waals surface area contributed by atoms with Gasteiger partial charge in [0, 0.05) is 17.1 Å². The molecule has 2 N–H and O–H groups in total.